The topological polar surface area (TPSA) is 41.4 Å². The van der Waals surface area contributed by atoms with Gasteiger partial charge in [0.15, 0.2) is 0 Å². The lowest BCUT2D eigenvalue weighted by atomic mass is 9.81. The largest absolute Gasteiger partial charge is 0.336 e. The second-order valence-electron chi connectivity index (χ2n) is 9.77. The van der Waals surface area contributed by atoms with Crippen LogP contribution < -0.4 is 0 Å². The van der Waals surface area contributed by atoms with E-state index in [2.05, 4.69) is 30.9 Å². The van der Waals surface area contributed by atoms with E-state index in [0.717, 1.165) is 43.7 Å². The average Bonchev–Trinajstić information content (AvgIpc) is 3.01. The van der Waals surface area contributed by atoms with Gasteiger partial charge >= 0.3 is 0 Å². The molecule has 0 bridgehead atoms. The number of carbonyl (C=O) groups excluding carboxylic acids is 1. The van der Waals surface area contributed by atoms with Crippen LogP contribution in [0.5, 0.6) is 0 Å². The van der Waals surface area contributed by atoms with Gasteiger partial charge in [-0.3, -0.25) is 9.48 Å². The number of benzene rings is 1. The Morgan fingerprint density at radius 1 is 1.32 bits per heavy atom. The minimum absolute atomic E-state index is 0.136. The number of halogens is 2. The summed E-state index contributed by atoms with van der Waals surface area (Å²) >= 11 is 5.89. The van der Waals surface area contributed by atoms with E-state index < -0.39 is 0 Å². The molecular weight excluding hydrogens is 415 g/mol. The Balaban J connectivity index is 1.47. The highest BCUT2D eigenvalue weighted by Crippen LogP contribution is 2.33. The average molecular weight is 447 g/mol. The van der Waals surface area contributed by atoms with Gasteiger partial charge in [0.05, 0.1) is 24.5 Å². The fourth-order valence-electron chi connectivity index (χ4n) is 5.02. The van der Waals surface area contributed by atoms with Gasteiger partial charge in [-0.15, -0.1) is 0 Å². The SMILES string of the molecule is Cc1nn(Cc2ccc(Cl)cc2F)c2c1CCN(C(=O)CC1CCN(C)C(C)(C)C1)C2. The van der Waals surface area contributed by atoms with Crippen LogP contribution in [-0.4, -0.2) is 51.2 Å². The predicted octanol–water partition coefficient (Wildman–Crippen LogP) is 4.43. The number of aryl methyl sites for hydroxylation is 1. The van der Waals surface area contributed by atoms with Gasteiger partial charge in [-0.1, -0.05) is 17.7 Å². The van der Waals surface area contributed by atoms with E-state index in [1.54, 1.807) is 12.1 Å². The first kappa shape index (κ1) is 22.3. The molecule has 1 fully saturated rings. The van der Waals surface area contributed by atoms with Gasteiger partial charge in [0.2, 0.25) is 5.91 Å². The van der Waals surface area contributed by atoms with E-state index in [9.17, 15) is 9.18 Å². The zero-order chi connectivity index (χ0) is 22.3. The summed E-state index contributed by atoms with van der Waals surface area (Å²) in [5.74, 6) is 0.317. The van der Waals surface area contributed by atoms with Crippen molar-refractivity contribution in [3.63, 3.8) is 0 Å². The molecule has 0 saturated carbocycles. The molecule has 0 spiro atoms. The maximum atomic E-state index is 14.3. The summed E-state index contributed by atoms with van der Waals surface area (Å²) in [6.45, 7) is 9.15. The highest BCUT2D eigenvalue weighted by atomic mass is 35.5. The minimum atomic E-state index is -0.331. The molecule has 7 heteroatoms. The molecule has 0 aliphatic carbocycles. The number of piperidine rings is 1. The van der Waals surface area contributed by atoms with E-state index in [1.165, 1.54) is 11.6 Å². The third-order valence-electron chi connectivity index (χ3n) is 7.19. The van der Waals surface area contributed by atoms with Crippen LogP contribution in [0.25, 0.3) is 0 Å². The van der Waals surface area contributed by atoms with E-state index in [1.807, 2.05) is 16.5 Å². The second-order valence-corrected chi connectivity index (χ2v) is 10.2. The lowest BCUT2D eigenvalue weighted by Crippen LogP contribution is -2.48. The molecule has 1 aromatic carbocycles. The Morgan fingerprint density at radius 3 is 2.81 bits per heavy atom. The van der Waals surface area contributed by atoms with Crippen molar-refractivity contribution in [1.82, 2.24) is 19.6 Å². The molecule has 0 radical (unpaired) electrons. The number of hydrogen-bond acceptors (Lipinski definition) is 3. The Bertz CT molecular complexity index is 986. The summed E-state index contributed by atoms with van der Waals surface area (Å²) in [5, 5.41) is 5.04. The van der Waals surface area contributed by atoms with E-state index in [-0.39, 0.29) is 17.3 Å². The molecular formula is C24H32ClFN4O. The van der Waals surface area contributed by atoms with Crippen molar-refractivity contribution in [3.8, 4) is 0 Å². The fourth-order valence-corrected chi connectivity index (χ4v) is 5.18. The molecule has 2 aliphatic heterocycles. The van der Waals surface area contributed by atoms with Crippen molar-refractivity contribution in [2.75, 3.05) is 20.1 Å². The minimum Gasteiger partial charge on any atom is -0.336 e. The van der Waals surface area contributed by atoms with Crippen LogP contribution in [0.15, 0.2) is 18.2 Å². The third kappa shape index (κ3) is 4.65. The van der Waals surface area contributed by atoms with Crippen molar-refractivity contribution >= 4 is 17.5 Å². The van der Waals surface area contributed by atoms with Gasteiger partial charge in [0.1, 0.15) is 5.82 Å². The van der Waals surface area contributed by atoms with Crippen LogP contribution in [0.1, 0.15) is 55.6 Å². The van der Waals surface area contributed by atoms with Crippen molar-refractivity contribution in [2.24, 2.45) is 5.92 Å². The van der Waals surface area contributed by atoms with Gasteiger partial charge in [-0.05, 0) is 77.2 Å². The Hall–Kier alpha value is -1.92. The van der Waals surface area contributed by atoms with Gasteiger partial charge in [-0.25, -0.2) is 4.39 Å². The molecule has 2 aliphatic rings. The van der Waals surface area contributed by atoms with Crippen molar-refractivity contribution in [3.05, 3.63) is 51.6 Å². The molecule has 1 amide bonds. The van der Waals surface area contributed by atoms with Crippen molar-refractivity contribution in [2.45, 2.75) is 65.1 Å². The van der Waals surface area contributed by atoms with Crippen LogP contribution in [0.4, 0.5) is 4.39 Å². The number of nitrogens with zero attached hydrogens (tertiary/aromatic N) is 4. The number of fused-ring (bicyclic) bond motifs is 1. The summed E-state index contributed by atoms with van der Waals surface area (Å²) in [6.07, 6.45) is 3.51. The smallest absolute Gasteiger partial charge is 0.223 e. The third-order valence-corrected chi connectivity index (χ3v) is 7.42. The molecule has 1 saturated heterocycles. The van der Waals surface area contributed by atoms with Crippen LogP contribution in [-0.2, 0) is 24.3 Å². The number of likely N-dealkylation sites (tertiary alicyclic amines) is 1. The number of rotatable bonds is 4. The van der Waals surface area contributed by atoms with Gasteiger partial charge in [-0.2, -0.15) is 5.10 Å². The highest BCUT2D eigenvalue weighted by molar-refractivity contribution is 6.30. The molecule has 5 nitrogen and oxygen atoms in total. The first-order valence-electron chi connectivity index (χ1n) is 11.1. The van der Waals surface area contributed by atoms with Gasteiger partial charge < -0.3 is 9.80 Å². The molecule has 1 aromatic heterocycles. The van der Waals surface area contributed by atoms with Crippen LogP contribution >= 0.6 is 11.6 Å². The summed E-state index contributed by atoms with van der Waals surface area (Å²) in [4.78, 5) is 17.5. The molecule has 168 valence electrons. The standard InChI is InChI=1S/C24H32ClFN4O/c1-16-20-8-10-29(23(31)11-17-7-9-28(4)24(2,3)13-17)15-22(20)30(27-16)14-18-5-6-19(25)12-21(18)26/h5-6,12,17H,7-11,13-15H2,1-4H3. The van der Waals surface area contributed by atoms with E-state index >= 15 is 0 Å². The van der Waals surface area contributed by atoms with Crippen molar-refractivity contribution < 1.29 is 9.18 Å². The van der Waals surface area contributed by atoms with Gasteiger partial charge in [0, 0.05) is 29.1 Å². The molecule has 1 atom stereocenters. The number of aromatic nitrogens is 2. The first-order valence-corrected chi connectivity index (χ1v) is 11.5. The zero-order valence-electron chi connectivity index (χ0n) is 18.9. The van der Waals surface area contributed by atoms with Crippen molar-refractivity contribution in [1.29, 1.82) is 0 Å². The highest BCUT2D eigenvalue weighted by Gasteiger charge is 2.34. The fraction of sp³-hybridized carbons (Fsp3) is 0.583. The van der Waals surface area contributed by atoms with Crippen LogP contribution in [0.2, 0.25) is 5.02 Å². The number of hydrogen-bond donors (Lipinski definition) is 0. The molecule has 1 unspecified atom stereocenters. The van der Waals surface area contributed by atoms with Crippen LogP contribution in [0, 0.1) is 18.7 Å². The second kappa shape index (κ2) is 8.55. The molecule has 0 N–H and O–H groups in total. The lowest BCUT2D eigenvalue weighted by molar-refractivity contribution is -0.134. The van der Waals surface area contributed by atoms with E-state index in [4.69, 9.17) is 11.6 Å². The predicted molar refractivity (Wildman–Crippen MR) is 121 cm³/mol. The zero-order valence-corrected chi connectivity index (χ0v) is 19.7. The number of amides is 1. The molecule has 3 heterocycles. The van der Waals surface area contributed by atoms with Gasteiger partial charge in [0.25, 0.3) is 0 Å². The summed E-state index contributed by atoms with van der Waals surface area (Å²) in [6, 6.07) is 4.73. The number of carbonyl (C=O) groups is 1. The first-order chi connectivity index (χ1) is 14.6. The van der Waals surface area contributed by atoms with Crippen LogP contribution in [0.3, 0.4) is 0 Å². The molecule has 31 heavy (non-hydrogen) atoms. The Kier molecular flexibility index (Phi) is 6.14. The lowest BCUT2D eigenvalue weighted by Gasteiger charge is -2.44. The molecule has 2 aromatic rings. The van der Waals surface area contributed by atoms with E-state index in [0.29, 0.717) is 36.0 Å². The maximum Gasteiger partial charge on any atom is 0.223 e. The quantitative estimate of drug-likeness (QED) is 0.697. The normalized spacial score (nSPS) is 21.2. The maximum absolute atomic E-state index is 14.3. The summed E-state index contributed by atoms with van der Waals surface area (Å²) in [7, 11) is 2.16. The summed E-state index contributed by atoms with van der Waals surface area (Å²) in [5.41, 5.74) is 3.87. The molecule has 4 rings (SSSR count). The Morgan fingerprint density at radius 2 is 2.10 bits per heavy atom. The Labute approximate surface area is 189 Å². The monoisotopic (exact) mass is 446 g/mol. The summed E-state index contributed by atoms with van der Waals surface area (Å²) < 4.78 is 16.2.